The molecule has 1 unspecified atom stereocenters. The Kier molecular flexibility index (Phi) is 4.33. The Hall–Kier alpha value is -1.39. The van der Waals surface area contributed by atoms with E-state index in [4.69, 9.17) is 4.74 Å². The summed E-state index contributed by atoms with van der Waals surface area (Å²) in [6.45, 7) is 3.72. The zero-order chi connectivity index (χ0) is 13.0. The van der Waals surface area contributed by atoms with Crippen LogP contribution in [0.4, 0.5) is 5.69 Å². The van der Waals surface area contributed by atoms with E-state index in [0.717, 1.165) is 18.7 Å². The van der Waals surface area contributed by atoms with Gasteiger partial charge in [0.25, 0.3) is 5.91 Å². The van der Waals surface area contributed by atoms with E-state index in [1.807, 2.05) is 43.1 Å². The summed E-state index contributed by atoms with van der Waals surface area (Å²) < 4.78 is 5.35. The minimum atomic E-state index is 0.0474. The molecule has 98 valence electrons. The molecule has 2 rings (SSSR count). The number of rotatable bonds is 4. The maximum atomic E-state index is 12.0. The van der Waals surface area contributed by atoms with E-state index in [0.29, 0.717) is 6.61 Å². The molecule has 0 saturated carbocycles. The van der Waals surface area contributed by atoms with Crippen molar-refractivity contribution in [3.05, 3.63) is 29.8 Å². The van der Waals surface area contributed by atoms with E-state index in [2.05, 4.69) is 5.32 Å². The van der Waals surface area contributed by atoms with Crippen LogP contribution in [0.15, 0.2) is 24.3 Å². The lowest BCUT2D eigenvalue weighted by Crippen LogP contribution is -2.50. The second kappa shape index (κ2) is 5.98. The molecule has 1 atom stereocenters. The molecule has 0 radical (unpaired) electrons. The minimum absolute atomic E-state index is 0.0474. The topological polar surface area (TPSA) is 41.6 Å². The second-order valence-corrected chi connectivity index (χ2v) is 4.66. The Balaban J connectivity index is 2.18. The van der Waals surface area contributed by atoms with Gasteiger partial charge in [-0.15, -0.1) is 0 Å². The summed E-state index contributed by atoms with van der Waals surface area (Å²) in [7, 11) is 1.92. The fraction of sp³-hybridized carbons (Fsp3) is 0.500. The number of ether oxygens (including phenoxy) is 1. The highest BCUT2D eigenvalue weighted by Crippen LogP contribution is 2.22. The molecule has 18 heavy (non-hydrogen) atoms. The maximum Gasteiger partial charge on any atom is 0.253 e. The molecule has 0 aliphatic carbocycles. The number of morpholine rings is 1. The summed E-state index contributed by atoms with van der Waals surface area (Å²) in [5.41, 5.74) is 2.17. The van der Waals surface area contributed by atoms with E-state index in [1.165, 1.54) is 5.56 Å². The molecular formula is C14H20N2O2. The number of carbonyl (C=O) groups is 1. The third-order valence-corrected chi connectivity index (χ3v) is 3.21. The van der Waals surface area contributed by atoms with Crippen LogP contribution < -0.4 is 10.2 Å². The Morgan fingerprint density at radius 1 is 1.39 bits per heavy atom. The van der Waals surface area contributed by atoms with Crippen LogP contribution in [0.3, 0.4) is 0 Å². The summed E-state index contributed by atoms with van der Waals surface area (Å²) in [4.78, 5) is 13.9. The number of hydrogen-bond donors (Lipinski definition) is 1. The highest BCUT2D eigenvalue weighted by atomic mass is 16.5. The molecule has 0 aromatic heterocycles. The summed E-state index contributed by atoms with van der Waals surface area (Å²) in [5.74, 6) is 0.0474. The van der Waals surface area contributed by atoms with Crippen LogP contribution in [-0.2, 0) is 9.53 Å². The van der Waals surface area contributed by atoms with Crippen molar-refractivity contribution in [2.45, 2.75) is 19.4 Å². The predicted octanol–water partition coefficient (Wildman–Crippen LogP) is 1.34. The molecule has 1 aliphatic heterocycles. The molecule has 1 amide bonds. The molecule has 1 heterocycles. The summed E-state index contributed by atoms with van der Waals surface area (Å²) in [5, 5.41) is 3.12. The van der Waals surface area contributed by atoms with Crippen LogP contribution in [0.25, 0.3) is 0 Å². The first-order chi connectivity index (χ1) is 8.72. The lowest BCUT2D eigenvalue weighted by Gasteiger charge is -2.35. The highest BCUT2D eigenvalue weighted by molar-refractivity contribution is 5.95. The Bertz CT molecular complexity index is 403. The third kappa shape index (κ3) is 2.89. The van der Waals surface area contributed by atoms with Crippen LogP contribution in [0.5, 0.6) is 0 Å². The van der Waals surface area contributed by atoms with E-state index in [-0.39, 0.29) is 18.6 Å². The average molecular weight is 248 g/mol. The van der Waals surface area contributed by atoms with Crippen molar-refractivity contribution in [1.82, 2.24) is 5.32 Å². The van der Waals surface area contributed by atoms with Gasteiger partial charge in [-0.25, -0.2) is 0 Å². The number of hydrogen-bond acceptors (Lipinski definition) is 3. The quantitative estimate of drug-likeness (QED) is 0.874. The Morgan fingerprint density at radius 2 is 2.11 bits per heavy atom. The molecule has 1 aromatic rings. The number of amides is 1. The molecule has 0 spiro atoms. The van der Waals surface area contributed by atoms with Crippen LogP contribution in [0.2, 0.25) is 0 Å². The van der Waals surface area contributed by atoms with Gasteiger partial charge < -0.3 is 15.0 Å². The van der Waals surface area contributed by atoms with Gasteiger partial charge in [-0.1, -0.05) is 17.7 Å². The number of nitrogens with zero attached hydrogens (tertiary/aromatic N) is 1. The fourth-order valence-electron chi connectivity index (χ4n) is 2.21. The fourth-order valence-corrected chi connectivity index (χ4v) is 2.21. The summed E-state index contributed by atoms with van der Waals surface area (Å²) in [6.07, 6.45) is 0.899. The number of benzene rings is 1. The number of carbonyl (C=O) groups excluding carboxylic acids is 1. The summed E-state index contributed by atoms with van der Waals surface area (Å²) >= 11 is 0. The SMILES string of the molecule is CNCCC1COCC(=O)N1c1ccc(C)cc1. The van der Waals surface area contributed by atoms with Crippen molar-refractivity contribution in [3.63, 3.8) is 0 Å². The molecule has 1 N–H and O–H groups in total. The van der Waals surface area contributed by atoms with Crippen molar-refractivity contribution in [2.75, 3.05) is 31.7 Å². The van der Waals surface area contributed by atoms with Crippen molar-refractivity contribution >= 4 is 11.6 Å². The van der Waals surface area contributed by atoms with E-state index in [1.54, 1.807) is 0 Å². The second-order valence-electron chi connectivity index (χ2n) is 4.66. The van der Waals surface area contributed by atoms with Gasteiger partial charge in [-0.2, -0.15) is 0 Å². The minimum Gasteiger partial charge on any atom is -0.369 e. The van der Waals surface area contributed by atoms with Gasteiger partial charge in [0.05, 0.1) is 12.6 Å². The first kappa shape index (κ1) is 13.1. The molecule has 4 nitrogen and oxygen atoms in total. The molecule has 0 bridgehead atoms. The molecule has 1 aromatic carbocycles. The van der Waals surface area contributed by atoms with Crippen molar-refractivity contribution in [1.29, 1.82) is 0 Å². The van der Waals surface area contributed by atoms with Crippen LogP contribution in [0.1, 0.15) is 12.0 Å². The molecule has 1 aliphatic rings. The van der Waals surface area contributed by atoms with Crippen LogP contribution in [0, 0.1) is 6.92 Å². The first-order valence-electron chi connectivity index (χ1n) is 6.33. The number of nitrogens with one attached hydrogen (secondary N) is 1. The molecular weight excluding hydrogens is 228 g/mol. The smallest absolute Gasteiger partial charge is 0.253 e. The van der Waals surface area contributed by atoms with E-state index < -0.39 is 0 Å². The zero-order valence-electron chi connectivity index (χ0n) is 11.0. The number of aryl methyl sites for hydroxylation is 1. The van der Waals surface area contributed by atoms with Gasteiger partial charge in [0.1, 0.15) is 6.61 Å². The molecule has 1 saturated heterocycles. The van der Waals surface area contributed by atoms with Gasteiger partial charge in [0.15, 0.2) is 0 Å². The van der Waals surface area contributed by atoms with Gasteiger partial charge in [0.2, 0.25) is 0 Å². The van der Waals surface area contributed by atoms with Gasteiger partial charge >= 0.3 is 0 Å². The largest absolute Gasteiger partial charge is 0.369 e. The van der Waals surface area contributed by atoms with Gasteiger partial charge in [-0.3, -0.25) is 4.79 Å². The highest BCUT2D eigenvalue weighted by Gasteiger charge is 2.29. The zero-order valence-corrected chi connectivity index (χ0v) is 11.0. The average Bonchev–Trinajstić information content (AvgIpc) is 2.38. The van der Waals surface area contributed by atoms with Gasteiger partial charge in [0, 0.05) is 5.69 Å². The van der Waals surface area contributed by atoms with Crippen LogP contribution >= 0.6 is 0 Å². The number of anilines is 1. The Labute approximate surface area is 108 Å². The van der Waals surface area contributed by atoms with Crippen molar-refractivity contribution in [2.24, 2.45) is 0 Å². The maximum absolute atomic E-state index is 12.0. The van der Waals surface area contributed by atoms with Crippen molar-refractivity contribution in [3.8, 4) is 0 Å². The summed E-state index contributed by atoms with van der Waals surface area (Å²) in [6, 6.07) is 8.21. The standard InChI is InChI=1S/C14H20N2O2/c1-11-3-5-12(6-4-11)16-13(7-8-15-2)9-18-10-14(16)17/h3-6,13,15H,7-10H2,1-2H3. The normalized spacial score (nSPS) is 20.2. The monoisotopic (exact) mass is 248 g/mol. The van der Waals surface area contributed by atoms with Crippen LogP contribution in [-0.4, -0.2) is 38.8 Å². The third-order valence-electron chi connectivity index (χ3n) is 3.21. The predicted molar refractivity (Wildman–Crippen MR) is 71.8 cm³/mol. The van der Waals surface area contributed by atoms with E-state index in [9.17, 15) is 4.79 Å². The van der Waals surface area contributed by atoms with Gasteiger partial charge in [-0.05, 0) is 39.1 Å². The lowest BCUT2D eigenvalue weighted by atomic mass is 10.1. The first-order valence-corrected chi connectivity index (χ1v) is 6.33. The molecule has 4 heteroatoms. The van der Waals surface area contributed by atoms with E-state index >= 15 is 0 Å². The van der Waals surface area contributed by atoms with Crippen molar-refractivity contribution < 1.29 is 9.53 Å². The lowest BCUT2D eigenvalue weighted by molar-refractivity contribution is -0.127. The Morgan fingerprint density at radius 3 is 2.78 bits per heavy atom. The molecule has 1 fully saturated rings.